The molecule has 0 radical (unpaired) electrons. The molecule has 0 saturated carbocycles. The molecule has 9 nitrogen and oxygen atoms in total. The number of rotatable bonds is 4. The second-order valence-corrected chi connectivity index (χ2v) is 8.60. The zero-order chi connectivity index (χ0) is 19.7. The predicted molar refractivity (Wildman–Crippen MR) is 105 cm³/mol. The van der Waals surface area contributed by atoms with E-state index in [4.69, 9.17) is 5.73 Å². The molecule has 28 heavy (non-hydrogen) atoms. The lowest BCUT2D eigenvalue weighted by atomic mass is 9.93. The molecule has 0 bridgehead atoms. The van der Waals surface area contributed by atoms with Crippen molar-refractivity contribution in [1.29, 1.82) is 0 Å². The molecular weight excluding hydrogens is 378 g/mol. The first-order valence-electron chi connectivity index (χ1n) is 8.64. The third-order valence-corrected chi connectivity index (χ3v) is 5.84. The first-order valence-corrected chi connectivity index (χ1v) is 10.5. The number of nitrogens with one attached hydrogen (secondary N) is 2. The maximum Gasteiger partial charge on any atom is 0.206 e. The summed E-state index contributed by atoms with van der Waals surface area (Å²) in [5.41, 5.74) is 8.81. The number of guanidine groups is 1. The van der Waals surface area contributed by atoms with Crippen LogP contribution < -0.4 is 11.1 Å². The molecule has 1 aliphatic rings. The van der Waals surface area contributed by atoms with Crippen LogP contribution in [-0.2, 0) is 9.84 Å². The number of nitrogens with zero attached hydrogens (tertiary/aromatic N) is 4. The number of hydrogen-bond donors (Lipinski definition) is 3. The van der Waals surface area contributed by atoms with Crippen LogP contribution in [0.1, 0.15) is 11.5 Å². The van der Waals surface area contributed by atoms with E-state index in [1.54, 1.807) is 12.1 Å². The molecule has 0 spiro atoms. The predicted octanol–water partition coefficient (Wildman–Crippen LogP) is 0.939. The molecule has 4 rings (SSSR count). The highest BCUT2D eigenvalue weighted by Crippen LogP contribution is 2.35. The van der Waals surface area contributed by atoms with E-state index in [2.05, 4.69) is 30.9 Å². The fourth-order valence-electron chi connectivity index (χ4n) is 3.29. The Balaban J connectivity index is 1.77. The monoisotopic (exact) mass is 397 g/mol. The van der Waals surface area contributed by atoms with Gasteiger partial charge in [-0.2, -0.15) is 5.21 Å². The summed E-state index contributed by atoms with van der Waals surface area (Å²) in [6.07, 6.45) is 1.17. The average molecular weight is 397 g/mol. The van der Waals surface area contributed by atoms with Crippen LogP contribution in [0.4, 0.5) is 0 Å². The van der Waals surface area contributed by atoms with Gasteiger partial charge in [-0.15, -0.1) is 10.2 Å². The van der Waals surface area contributed by atoms with E-state index < -0.39 is 9.84 Å². The minimum atomic E-state index is -3.48. The van der Waals surface area contributed by atoms with Crippen molar-refractivity contribution in [2.45, 2.75) is 10.8 Å². The van der Waals surface area contributed by atoms with Gasteiger partial charge in [-0.3, -0.25) is 4.99 Å². The van der Waals surface area contributed by atoms with Gasteiger partial charge in [-0.25, -0.2) is 8.42 Å². The number of benzene rings is 2. The number of hydrogen-bond acceptors (Lipinski definition) is 8. The molecule has 10 heteroatoms. The normalized spacial score (nSPS) is 17.0. The van der Waals surface area contributed by atoms with Crippen LogP contribution in [0.3, 0.4) is 0 Å². The summed E-state index contributed by atoms with van der Waals surface area (Å²) in [5, 5.41) is 17.0. The molecule has 1 aliphatic heterocycles. The van der Waals surface area contributed by atoms with Crippen molar-refractivity contribution in [3.63, 3.8) is 0 Å². The van der Waals surface area contributed by atoms with E-state index in [1.807, 2.05) is 30.3 Å². The standard InChI is InChI=1S/C18H19N7O2S/c1-28(26,27)15-4-2-3-14(16(15)17-22-24-25-23-17)12-7-5-11(6-8-12)13-9-20-18(19)21-10-13/h2-8,13H,9-10H2,1H3,(H3,19,20,21)(H,22,23,24,25). The number of aromatic nitrogens is 4. The molecule has 1 atom stereocenters. The third-order valence-electron chi connectivity index (χ3n) is 4.70. The third kappa shape index (κ3) is 3.46. The first-order chi connectivity index (χ1) is 13.4. The minimum absolute atomic E-state index is 0.164. The van der Waals surface area contributed by atoms with Gasteiger partial charge in [0.1, 0.15) is 0 Å². The highest BCUT2D eigenvalue weighted by atomic mass is 32.2. The molecule has 1 aromatic heterocycles. The van der Waals surface area contributed by atoms with Crippen LogP contribution in [0.5, 0.6) is 0 Å². The second-order valence-electron chi connectivity index (χ2n) is 6.61. The van der Waals surface area contributed by atoms with Gasteiger partial charge in [0.25, 0.3) is 0 Å². The topological polar surface area (TPSA) is 139 Å². The highest BCUT2D eigenvalue weighted by Gasteiger charge is 2.22. The second kappa shape index (κ2) is 7.04. The number of H-pyrrole nitrogens is 1. The summed E-state index contributed by atoms with van der Waals surface area (Å²) < 4.78 is 24.6. The lowest BCUT2D eigenvalue weighted by Gasteiger charge is -2.21. The molecule has 1 unspecified atom stereocenters. The minimum Gasteiger partial charge on any atom is -0.370 e. The highest BCUT2D eigenvalue weighted by molar-refractivity contribution is 7.90. The van der Waals surface area contributed by atoms with Crippen LogP contribution in [0.2, 0.25) is 0 Å². The quantitative estimate of drug-likeness (QED) is 0.595. The summed E-state index contributed by atoms with van der Waals surface area (Å²) in [5.74, 6) is 0.942. The smallest absolute Gasteiger partial charge is 0.206 e. The fourth-order valence-corrected chi connectivity index (χ4v) is 4.19. The van der Waals surface area contributed by atoms with Crippen LogP contribution >= 0.6 is 0 Å². The van der Waals surface area contributed by atoms with Crippen molar-refractivity contribution >= 4 is 15.8 Å². The van der Waals surface area contributed by atoms with Crippen LogP contribution in [-0.4, -0.2) is 54.3 Å². The molecule has 2 heterocycles. The molecule has 144 valence electrons. The summed E-state index contributed by atoms with van der Waals surface area (Å²) >= 11 is 0. The van der Waals surface area contributed by atoms with Crippen molar-refractivity contribution in [1.82, 2.24) is 25.9 Å². The molecule has 0 aliphatic carbocycles. The van der Waals surface area contributed by atoms with E-state index in [0.29, 0.717) is 18.1 Å². The molecule has 4 N–H and O–H groups in total. The molecule has 0 amide bonds. The van der Waals surface area contributed by atoms with Gasteiger partial charge in [-0.1, -0.05) is 36.4 Å². The Morgan fingerprint density at radius 2 is 1.93 bits per heavy atom. The van der Waals surface area contributed by atoms with E-state index in [1.165, 1.54) is 6.26 Å². The number of aliphatic imine (C=N–C) groups is 1. The maximum absolute atomic E-state index is 12.3. The van der Waals surface area contributed by atoms with E-state index in [9.17, 15) is 8.42 Å². The van der Waals surface area contributed by atoms with E-state index in [-0.39, 0.29) is 16.6 Å². The van der Waals surface area contributed by atoms with Crippen LogP contribution in [0.15, 0.2) is 52.4 Å². The summed E-state index contributed by atoms with van der Waals surface area (Å²) in [7, 11) is -3.48. The average Bonchev–Trinajstić information content (AvgIpc) is 3.22. The van der Waals surface area contributed by atoms with Crippen LogP contribution in [0.25, 0.3) is 22.5 Å². The Hall–Kier alpha value is -3.27. The Labute approximate surface area is 162 Å². The van der Waals surface area contributed by atoms with E-state index in [0.717, 1.165) is 23.2 Å². The molecule has 2 aromatic carbocycles. The maximum atomic E-state index is 12.3. The van der Waals surface area contributed by atoms with E-state index >= 15 is 0 Å². The summed E-state index contributed by atoms with van der Waals surface area (Å²) in [6, 6.07) is 13.1. The van der Waals surface area contributed by atoms with Gasteiger partial charge in [0, 0.05) is 24.3 Å². The number of tetrazole rings is 1. The van der Waals surface area contributed by atoms with Gasteiger partial charge < -0.3 is 11.1 Å². The molecular formula is C18H19N7O2S. The van der Waals surface area contributed by atoms with Crippen molar-refractivity contribution in [2.24, 2.45) is 10.7 Å². The lowest BCUT2D eigenvalue weighted by Crippen LogP contribution is -2.39. The molecule has 0 fully saturated rings. The Morgan fingerprint density at radius 3 is 2.54 bits per heavy atom. The number of nitrogens with two attached hydrogens (primary N) is 1. The van der Waals surface area contributed by atoms with Crippen molar-refractivity contribution in [2.75, 3.05) is 19.3 Å². The molecule has 3 aromatic rings. The van der Waals surface area contributed by atoms with Crippen molar-refractivity contribution in [3.05, 3.63) is 48.0 Å². The van der Waals surface area contributed by atoms with Gasteiger partial charge >= 0.3 is 0 Å². The SMILES string of the molecule is CS(=O)(=O)c1cccc(-c2ccc(C3CN=C(N)NC3)cc2)c1-c1nn[nH]n1. The van der Waals surface area contributed by atoms with Crippen molar-refractivity contribution in [3.8, 4) is 22.5 Å². The number of aromatic amines is 1. The van der Waals surface area contributed by atoms with Gasteiger partial charge in [0.2, 0.25) is 5.82 Å². The molecule has 0 saturated heterocycles. The Bertz CT molecular complexity index is 1120. The zero-order valence-corrected chi connectivity index (χ0v) is 15.9. The van der Waals surface area contributed by atoms with Crippen molar-refractivity contribution < 1.29 is 8.42 Å². The summed E-state index contributed by atoms with van der Waals surface area (Å²) in [4.78, 5) is 4.41. The Morgan fingerprint density at radius 1 is 1.14 bits per heavy atom. The van der Waals surface area contributed by atoms with Gasteiger partial charge in [-0.05, 0) is 28.0 Å². The number of sulfone groups is 1. The largest absolute Gasteiger partial charge is 0.370 e. The lowest BCUT2D eigenvalue weighted by molar-refractivity contribution is 0.602. The zero-order valence-electron chi connectivity index (χ0n) is 15.1. The van der Waals surface area contributed by atoms with Gasteiger partial charge in [0.05, 0.1) is 11.4 Å². The van der Waals surface area contributed by atoms with Crippen LogP contribution in [0, 0.1) is 0 Å². The fraction of sp³-hybridized carbons (Fsp3) is 0.222. The first kappa shape index (κ1) is 18.1. The van der Waals surface area contributed by atoms with Gasteiger partial charge in [0.15, 0.2) is 15.8 Å². The Kier molecular flexibility index (Phi) is 4.55. The summed E-state index contributed by atoms with van der Waals surface area (Å²) in [6.45, 7) is 1.36.